The van der Waals surface area contributed by atoms with E-state index in [0.717, 1.165) is 47.0 Å². The van der Waals surface area contributed by atoms with Crippen molar-refractivity contribution in [2.24, 2.45) is 87.3 Å². The summed E-state index contributed by atoms with van der Waals surface area (Å²) in [6.45, 7) is 39.5. The minimum Gasteiger partial charge on any atom is -0.393 e. The number of aliphatic hydroxyl groups excluding tert-OH is 6. The first-order valence-corrected chi connectivity index (χ1v) is 36.6. The second-order valence-electron chi connectivity index (χ2n) is 33.7. The molecule has 0 amide bonds. The Balaban J connectivity index is 0.000000192. The summed E-state index contributed by atoms with van der Waals surface area (Å²) in [5.74, 6) is 7.49. The van der Waals surface area contributed by atoms with E-state index in [1.807, 2.05) is 27.7 Å². The highest BCUT2D eigenvalue weighted by molar-refractivity contribution is 5.40. The Morgan fingerprint density at radius 2 is 0.878 bits per heavy atom. The summed E-state index contributed by atoms with van der Waals surface area (Å²) in [6.07, 6.45) is 46.1. The maximum Gasteiger partial charge on any atom is 0.0811 e. The molecule has 0 radical (unpaired) electrons. The lowest BCUT2D eigenvalue weighted by Gasteiger charge is -2.44. The fraction of sp³-hybridized carbons (Fsp3) is 0.756. The first kappa shape index (κ1) is 74.5. The maximum atomic E-state index is 10.2. The first-order chi connectivity index (χ1) is 42.1. The van der Waals surface area contributed by atoms with E-state index < -0.39 is 47.8 Å². The lowest BCUT2D eigenvalue weighted by atomic mass is 9.60. The van der Waals surface area contributed by atoms with Crippen LogP contribution < -0.4 is 0 Å². The van der Waals surface area contributed by atoms with E-state index in [2.05, 4.69) is 143 Å². The van der Waals surface area contributed by atoms with Gasteiger partial charge in [-0.15, -0.1) is 0 Å². The SMILES string of the molecule is C=C1/C(=C\C=C2/CCC[C@]3(C)[C@@H](C(C)/C=C/[C@H](C)C(C)C)CC[C@@H]23)C[C@@H](O)C[C@@H]1O.C=C1C(=CC=C2CCC[C@]3(C)[C@@H]([C@H](C)CCCC(C)(C)O)CC[C@@H]23)C[C@@H](O)C[C@@H]1O.C[C@H](/C=C/[C@H](C)C(C)(C)O)[C@H]1CC[C@H]2/C(=C/C=C3C[C@@H](O)C[C@H](O)C3)CCC[C@]12C. The highest BCUT2D eigenvalue weighted by Gasteiger charge is 2.53. The molecular weight excluding hydrogens is 1110 g/mol. The molecule has 0 spiro atoms. The van der Waals surface area contributed by atoms with Gasteiger partial charge in [-0.1, -0.05) is 178 Å². The largest absolute Gasteiger partial charge is 0.393 e. The Hall–Kier alpha value is -2.92. The predicted molar refractivity (Wildman–Crippen MR) is 375 cm³/mol. The van der Waals surface area contributed by atoms with Crippen LogP contribution in [0.5, 0.6) is 0 Å². The molecule has 0 aromatic rings. The normalized spacial score (nSPS) is 39.1. The molecule has 508 valence electrons. The van der Waals surface area contributed by atoms with Crippen LogP contribution >= 0.6 is 0 Å². The summed E-state index contributed by atoms with van der Waals surface area (Å²) in [5.41, 5.74) is 9.38. The van der Waals surface area contributed by atoms with Crippen molar-refractivity contribution in [1.82, 2.24) is 0 Å². The lowest BCUT2D eigenvalue weighted by molar-refractivity contribution is 0.0435. The van der Waals surface area contributed by atoms with Crippen LogP contribution in [0.25, 0.3) is 0 Å². The van der Waals surface area contributed by atoms with Gasteiger partial charge in [0.2, 0.25) is 0 Å². The molecule has 9 aliphatic rings. The third-order valence-corrected chi connectivity index (χ3v) is 25.7. The van der Waals surface area contributed by atoms with E-state index in [0.29, 0.717) is 114 Å². The number of fused-ring (bicyclic) bond motifs is 3. The zero-order valence-electron chi connectivity index (χ0n) is 59.3. The van der Waals surface area contributed by atoms with Crippen molar-refractivity contribution in [3.05, 3.63) is 119 Å². The van der Waals surface area contributed by atoms with E-state index in [1.54, 1.807) is 16.7 Å². The van der Waals surface area contributed by atoms with Crippen molar-refractivity contribution >= 4 is 0 Å². The van der Waals surface area contributed by atoms with Gasteiger partial charge in [0.25, 0.3) is 0 Å². The smallest absolute Gasteiger partial charge is 0.0811 e. The standard InChI is InChI=1S/C28H44O2.2C27H44O3/c1-18(2)19(3)9-10-20(4)25-13-14-26-22(8-7-15-28(25,26)6)11-12-23-16-24(29)17-27(30)21(23)5;1-18(8-6-14-26(3,4)30)23-12-13-24-20(9-7-15-27(23,24)5)10-11-21-16-22(28)17-25(29)19(21)2;1-18(8-9-19(2)26(3,4)30)24-12-13-25-21(7-6-14-27(24,25)5)11-10-20-15-22(28)17-23(29)16-20/h9-12,18-20,24-27,29-30H,5,7-8,13-17H2,1-4,6H3;10-11,18,22-25,28-30H,2,6-9,12-17H2,1,3-5H3;8-11,18-19,22-25,28-30H,6-7,12-17H2,1-5H3/b10-9+,22-11+,23-12-;;9-8+,21-11+/t19-,20?,24+,25+,26-,27-,28+;18-,22-,23-,24+,25+,27-;18-,19+,22-,23-,24-,25+,27-/m011/s1. The van der Waals surface area contributed by atoms with Gasteiger partial charge in [0.1, 0.15) is 0 Å². The zero-order chi connectivity index (χ0) is 66.3. The third kappa shape index (κ3) is 18.8. The number of hydrogen-bond donors (Lipinski definition) is 8. The Labute approximate surface area is 549 Å². The summed E-state index contributed by atoms with van der Waals surface area (Å²) in [7, 11) is 0. The molecular formula is C82H132O8. The molecule has 0 aromatic carbocycles. The summed E-state index contributed by atoms with van der Waals surface area (Å²) in [4.78, 5) is 0. The van der Waals surface area contributed by atoms with Gasteiger partial charge in [0.05, 0.1) is 47.8 Å². The van der Waals surface area contributed by atoms with Crippen LogP contribution in [0.15, 0.2) is 119 Å². The molecule has 9 saturated carbocycles. The predicted octanol–water partition coefficient (Wildman–Crippen LogP) is 17.9. The highest BCUT2D eigenvalue weighted by Crippen LogP contribution is 2.62. The van der Waals surface area contributed by atoms with Gasteiger partial charge >= 0.3 is 0 Å². The first-order valence-electron chi connectivity index (χ1n) is 36.6. The van der Waals surface area contributed by atoms with Gasteiger partial charge < -0.3 is 40.9 Å². The average molecular weight is 1250 g/mol. The fourth-order valence-corrected chi connectivity index (χ4v) is 19.4. The van der Waals surface area contributed by atoms with Crippen LogP contribution in [0.4, 0.5) is 0 Å². The molecule has 90 heavy (non-hydrogen) atoms. The molecule has 0 bridgehead atoms. The van der Waals surface area contributed by atoms with Crippen molar-refractivity contribution in [1.29, 1.82) is 0 Å². The Morgan fingerprint density at radius 3 is 1.29 bits per heavy atom. The molecule has 1 unspecified atom stereocenters. The quantitative estimate of drug-likeness (QED) is 0.0709. The molecule has 8 heteroatoms. The summed E-state index contributed by atoms with van der Waals surface area (Å²) < 4.78 is 0. The Morgan fingerprint density at radius 1 is 0.489 bits per heavy atom. The molecule has 8 N–H and O–H groups in total. The second kappa shape index (κ2) is 31.8. The number of allylic oxidation sites excluding steroid dienone is 12. The Kier molecular flexibility index (Phi) is 26.3. The summed E-state index contributed by atoms with van der Waals surface area (Å²) >= 11 is 0. The second-order valence-corrected chi connectivity index (χ2v) is 33.7. The van der Waals surface area contributed by atoms with E-state index >= 15 is 0 Å². The average Bonchev–Trinajstić information content (AvgIpc) is 1.65. The van der Waals surface area contributed by atoms with Crippen LogP contribution in [0.3, 0.4) is 0 Å². The van der Waals surface area contributed by atoms with Crippen molar-refractivity contribution in [3.63, 3.8) is 0 Å². The van der Waals surface area contributed by atoms with Crippen molar-refractivity contribution < 1.29 is 40.9 Å². The van der Waals surface area contributed by atoms with Crippen LogP contribution in [0, 0.1) is 87.3 Å². The van der Waals surface area contributed by atoms with Crippen LogP contribution in [0.2, 0.25) is 0 Å². The molecule has 0 aliphatic heterocycles. The minimum atomic E-state index is -0.674. The van der Waals surface area contributed by atoms with Crippen LogP contribution in [-0.2, 0) is 0 Å². The van der Waals surface area contributed by atoms with E-state index in [1.165, 1.54) is 108 Å². The molecule has 0 saturated heterocycles. The van der Waals surface area contributed by atoms with Gasteiger partial charge in [-0.3, -0.25) is 0 Å². The van der Waals surface area contributed by atoms with Gasteiger partial charge in [-0.2, -0.15) is 0 Å². The monoisotopic (exact) mass is 1240 g/mol. The number of hydrogen-bond acceptors (Lipinski definition) is 8. The van der Waals surface area contributed by atoms with E-state index in [9.17, 15) is 40.9 Å². The van der Waals surface area contributed by atoms with Crippen LogP contribution in [0.1, 0.15) is 257 Å². The van der Waals surface area contributed by atoms with Crippen molar-refractivity contribution in [3.8, 4) is 0 Å². The summed E-state index contributed by atoms with van der Waals surface area (Å²) in [5, 5.41) is 80.6. The maximum absolute atomic E-state index is 10.2. The van der Waals surface area contributed by atoms with Crippen molar-refractivity contribution in [2.75, 3.05) is 0 Å². The highest BCUT2D eigenvalue weighted by atomic mass is 16.3. The molecule has 0 aromatic heterocycles. The lowest BCUT2D eigenvalue weighted by Crippen LogP contribution is -2.36. The fourth-order valence-electron chi connectivity index (χ4n) is 19.4. The Bertz CT molecular complexity index is 2630. The minimum absolute atomic E-state index is 0.152. The zero-order valence-corrected chi connectivity index (χ0v) is 59.3. The number of rotatable bonds is 16. The van der Waals surface area contributed by atoms with Gasteiger partial charge in [0.15, 0.2) is 0 Å². The molecule has 9 aliphatic carbocycles. The van der Waals surface area contributed by atoms with E-state index in [4.69, 9.17) is 0 Å². The molecule has 20 atom stereocenters. The molecule has 8 nitrogen and oxygen atoms in total. The van der Waals surface area contributed by atoms with Crippen molar-refractivity contribution in [2.45, 2.75) is 305 Å². The van der Waals surface area contributed by atoms with Gasteiger partial charge in [0, 0.05) is 18.8 Å². The summed E-state index contributed by atoms with van der Waals surface area (Å²) in [6, 6.07) is 0. The van der Waals surface area contributed by atoms with Gasteiger partial charge in [-0.25, -0.2) is 0 Å². The third-order valence-electron chi connectivity index (χ3n) is 25.7. The topological polar surface area (TPSA) is 162 Å². The number of aliphatic hydroxyl groups is 8. The van der Waals surface area contributed by atoms with Gasteiger partial charge in [-0.05, 0) is 266 Å². The van der Waals surface area contributed by atoms with Crippen LogP contribution in [-0.4, -0.2) is 88.7 Å². The van der Waals surface area contributed by atoms with E-state index in [-0.39, 0.29) is 5.92 Å². The molecule has 9 rings (SSSR count). The molecule has 0 heterocycles. The molecule has 9 fully saturated rings.